The lowest BCUT2D eigenvalue weighted by atomic mass is 9.94. The van der Waals surface area contributed by atoms with Crippen molar-refractivity contribution in [1.82, 2.24) is 10.2 Å². The first-order valence-corrected chi connectivity index (χ1v) is 7.42. The van der Waals surface area contributed by atoms with Crippen LogP contribution in [0.3, 0.4) is 0 Å². The van der Waals surface area contributed by atoms with Crippen LogP contribution in [0, 0.1) is 5.92 Å². The lowest BCUT2D eigenvalue weighted by Gasteiger charge is -2.24. The van der Waals surface area contributed by atoms with Gasteiger partial charge in [0.1, 0.15) is 5.75 Å². The molecule has 2 atom stereocenters. The molecule has 0 aliphatic carbocycles. The highest BCUT2D eigenvalue weighted by Crippen LogP contribution is 2.28. The number of benzene rings is 1. The maximum atomic E-state index is 6.18. The first-order valence-electron chi connectivity index (χ1n) is 7.04. The molecular weight excluding hydrogens is 260 g/mol. The number of rotatable bonds is 3. The van der Waals surface area contributed by atoms with E-state index in [0.29, 0.717) is 11.1 Å². The molecule has 3 rings (SSSR count). The van der Waals surface area contributed by atoms with Gasteiger partial charge in [0.15, 0.2) is 0 Å². The van der Waals surface area contributed by atoms with Crippen molar-refractivity contribution in [2.75, 3.05) is 26.7 Å². The molecule has 2 aliphatic rings. The number of methoxy groups -OCH3 is 1. The van der Waals surface area contributed by atoms with Crippen LogP contribution in [0.25, 0.3) is 0 Å². The predicted octanol–water partition coefficient (Wildman–Crippen LogP) is 2.53. The zero-order chi connectivity index (χ0) is 13.2. The van der Waals surface area contributed by atoms with Crippen LogP contribution in [0.2, 0.25) is 5.02 Å². The number of halogens is 1. The van der Waals surface area contributed by atoms with Gasteiger partial charge in [0, 0.05) is 25.7 Å². The summed E-state index contributed by atoms with van der Waals surface area (Å²) in [5, 5.41) is 4.34. The largest absolute Gasteiger partial charge is 0.495 e. The summed E-state index contributed by atoms with van der Waals surface area (Å²) in [5.41, 5.74) is 1.27. The molecule has 0 saturated carbocycles. The summed E-state index contributed by atoms with van der Waals surface area (Å²) in [7, 11) is 1.65. The average Bonchev–Trinajstić information content (AvgIpc) is 2.81. The molecule has 0 bridgehead atoms. The number of hydrogen-bond acceptors (Lipinski definition) is 3. The van der Waals surface area contributed by atoms with Crippen LogP contribution in [0.4, 0.5) is 0 Å². The van der Waals surface area contributed by atoms with Crippen molar-refractivity contribution in [2.45, 2.75) is 25.4 Å². The Hall–Kier alpha value is -0.770. The first kappa shape index (κ1) is 13.2. The monoisotopic (exact) mass is 280 g/mol. The highest BCUT2D eigenvalue weighted by atomic mass is 35.5. The molecule has 2 heterocycles. The fraction of sp³-hybridized carbons (Fsp3) is 0.600. The molecule has 19 heavy (non-hydrogen) atoms. The van der Waals surface area contributed by atoms with Crippen molar-refractivity contribution in [3.63, 3.8) is 0 Å². The minimum Gasteiger partial charge on any atom is -0.495 e. The Balaban J connectivity index is 1.64. The molecule has 1 aromatic carbocycles. The van der Waals surface area contributed by atoms with Gasteiger partial charge in [0.25, 0.3) is 0 Å². The minimum absolute atomic E-state index is 0.697. The highest BCUT2D eigenvalue weighted by Gasteiger charge is 2.33. The molecule has 3 nitrogen and oxygen atoms in total. The van der Waals surface area contributed by atoms with E-state index in [1.54, 1.807) is 7.11 Å². The summed E-state index contributed by atoms with van der Waals surface area (Å²) in [6, 6.07) is 6.79. The summed E-state index contributed by atoms with van der Waals surface area (Å²) in [6.07, 6.45) is 2.70. The third kappa shape index (κ3) is 2.88. The summed E-state index contributed by atoms with van der Waals surface area (Å²) in [4.78, 5) is 2.53. The maximum Gasteiger partial charge on any atom is 0.137 e. The number of nitrogens with zero attached hydrogens (tertiary/aromatic N) is 1. The molecule has 104 valence electrons. The second-order valence-corrected chi connectivity index (χ2v) is 6.03. The van der Waals surface area contributed by atoms with Crippen molar-refractivity contribution < 1.29 is 4.74 Å². The van der Waals surface area contributed by atoms with E-state index in [1.165, 1.54) is 31.5 Å². The van der Waals surface area contributed by atoms with Gasteiger partial charge in [0.05, 0.1) is 12.1 Å². The van der Waals surface area contributed by atoms with Crippen molar-refractivity contribution in [3.05, 3.63) is 28.8 Å². The molecule has 0 radical (unpaired) electrons. The minimum atomic E-state index is 0.697. The quantitative estimate of drug-likeness (QED) is 0.921. The van der Waals surface area contributed by atoms with E-state index < -0.39 is 0 Å². The van der Waals surface area contributed by atoms with Gasteiger partial charge in [-0.25, -0.2) is 0 Å². The Morgan fingerprint density at radius 3 is 3.05 bits per heavy atom. The van der Waals surface area contributed by atoms with Crippen LogP contribution in [0.15, 0.2) is 18.2 Å². The smallest absolute Gasteiger partial charge is 0.137 e. The molecule has 2 saturated heterocycles. The average molecular weight is 281 g/mol. The van der Waals surface area contributed by atoms with Gasteiger partial charge in [-0.1, -0.05) is 17.7 Å². The van der Waals surface area contributed by atoms with E-state index in [0.717, 1.165) is 24.8 Å². The fourth-order valence-electron chi connectivity index (χ4n) is 3.33. The van der Waals surface area contributed by atoms with Gasteiger partial charge in [-0.05, 0) is 43.0 Å². The fourth-order valence-corrected chi connectivity index (χ4v) is 3.61. The number of likely N-dealkylation sites (tertiary alicyclic amines) is 1. The van der Waals surface area contributed by atoms with Crippen LogP contribution in [0.1, 0.15) is 18.4 Å². The number of ether oxygens (including phenoxy) is 1. The van der Waals surface area contributed by atoms with Crippen molar-refractivity contribution in [1.29, 1.82) is 0 Å². The van der Waals surface area contributed by atoms with E-state index in [9.17, 15) is 0 Å². The Kier molecular flexibility index (Phi) is 3.96. The Bertz CT molecular complexity index is 438. The van der Waals surface area contributed by atoms with Crippen molar-refractivity contribution in [3.8, 4) is 5.75 Å². The van der Waals surface area contributed by atoms with E-state index in [4.69, 9.17) is 16.3 Å². The zero-order valence-corrected chi connectivity index (χ0v) is 12.1. The molecule has 1 aromatic rings. The van der Waals surface area contributed by atoms with E-state index in [1.807, 2.05) is 12.1 Å². The second-order valence-electron chi connectivity index (χ2n) is 5.63. The Labute approximate surface area is 119 Å². The van der Waals surface area contributed by atoms with Gasteiger partial charge in [0.2, 0.25) is 0 Å². The summed E-state index contributed by atoms with van der Waals surface area (Å²) in [5.74, 6) is 1.59. The first-order chi connectivity index (χ1) is 9.26. The molecule has 2 aliphatic heterocycles. The van der Waals surface area contributed by atoms with Crippen LogP contribution in [0.5, 0.6) is 5.75 Å². The lowest BCUT2D eigenvalue weighted by molar-refractivity contribution is 0.312. The molecule has 0 amide bonds. The molecular formula is C15H21ClN2O. The normalized spacial score (nSPS) is 27.3. The predicted molar refractivity (Wildman–Crippen MR) is 77.8 cm³/mol. The Morgan fingerprint density at radius 1 is 1.42 bits per heavy atom. The lowest BCUT2D eigenvalue weighted by Crippen LogP contribution is -2.40. The topological polar surface area (TPSA) is 24.5 Å². The van der Waals surface area contributed by atoms with Gasteiger partial charge in [-0.3, -0.25) is 4.90 Å². The van der Waals surface area contributed by atoms with Gasteiger partial charge < -0.3 is 10.1 Å². The molecule has 0 unspecified atom stereocenters. The van der Waals surface area contributed by atoms with E-state index in [2.05, 4.69) is 16.3 Å². The number of fused-ring (bicyclic) bond motifs is 1. The maximum absolute atomic E-state index is 6.18. The molecule has 2 fully saturated rings. The number of nitrogens with one attached hydrogen (secondary N) is 1. The Morgan fingerprint density at radius 2 is 2.32 bits per heavy atom. The third-order valence-electron chi connectivity index (χ3n) is 4.30. The van der Waals surface area contributed by atoms with Crippen molar-refractivity contribution in [2.24, 2.45) is 5.92 Å². The standard InChI is InChI=1S/C15H21ClN2O/c1-19-15-5-4-11(7-13(15)16)8-18-9-12-3-2-6-17-14(12)10-18/h4-5,7,12,14,17H,2-3,6,8-10H2,1H3/t12-,14+/m0/s1. The molecule has 4 heteroatoms. The molecule has 0 aromatic heterocycles. The highest BCUT2D eigenvalue weighted by molar-refractivity contribution is 6.32. The molecule has 0 spiro atoms. The van der Waals surface area contributed by atoms with Gasteiger partial charge in [-0.2, -0.15) is 0 Å². The SMILES string of the molecule is COc1ccc(CN2C[C@@H]3CCCN[C@@H]3C2)cc1Cl. The zero-order valence-electron chi connectivity index (χ0n) is 11.4. The van der Waals surface area contributed by atoms with Crippen LogP contribution >= 0.6 is 11.6 Å². The number of piperidine rings is 1. The summed E-state index contributed by atoms with van der Waals surface area (Å²) < 4.78 is 5.19. The van der Waals surface area contributed by atoms with E-state index in [-0.39, 0.29) is 0 Å². The second kappa shape index (κ2) is 5.70. The number of hydrogen-bond donors (Lipinski definition) is 1. The van der Waals surface area contributed by atoms with Crippen molar-refractivity contribution >= 4 is 11.6 Å². The van der Waals surface area contributed by atoms with Crippen LogP contribution in [-0.4, -0.2) is 37.7 Å². The van der Waals surface area contributed by atoms with Crippen LogP contribution < -0.4 is 10.1 Å². The van der Waals surface area contributed by atoms with E-state index >= 15 is 0 Å². The van der Waals surface area contributed by atoms with Gasteiger partial charge >= 0.3 is 0 Å². The summed E-state index contributed by atoms with van der Waals surface area (Å²) >= 11 is 6.18. The molecule has 1 N–H and O–H groups in total. The summed E-state index contributed by atoms with van der Waals surface area (Å²) in [6.45, 7) is 4.54. The van der Waals surface area contributed by atoms with Gasteiger partial charge in [-0.15, -0.1) is 0 Å². The van der Waals surface area contributed by atoms with Crippen LogP contribution in [-0.2, 0) is 6.54 Å². The third-order valence-corrected chi connectivity index (χ3v) is 4.59.